The fraction of sp³-hybridized carbons (Fsp3) is 0.324. The van der Waals surface area contributed by atoms with Gasteiger partial charge >= 0.3 is 5.97 Å². The number of imidazole rings is 1. The summed E-state index contributed by atoms with van der Waals surface area (Å²) in [4.78, 5) is 50.0. The number of sulfonamides is 1. The quantitative estimate of drug-likeness (QED) is 0.111. The minimum Gasteiger partial charge on any atom is -0.485 e. The molecule has 2 aromatic carbocycles. The summed E-state index contributed by atoms with van der Waals surface area (Å²) < 4.78 is 37.1. The Balaban J connectivity index is 1.11. The van der Waals surface area contributed by atoms with Gasteiger partial charge in [-0.1, -0.05) is 52.1 Å². The summed E-state index contributed by atoms with van der Waals surface area (Å²) in [6, 6.07) is 11.6. The maximum atomic E-state index is 14.1. The summed E-state index contributed by atoms with van der Waals surface area (Å²) in [5.41, 5.74) is 8.06. The van der Waals surface area contributed by atoms with Crippen molar-refractivity contribution in [3.05, 3.63) is 92.3 Å². The number of rotatable bonds is 9. The van der Waals surface area contributed by atoms with Crippen LogP contribution in [0.5, 0.6) is 5.75 Å². The number of carbonyl (C=O) groups is 3. The molecule has 2 fully saturated rings. The molecule has 4 heterocycles. The number of piperazine rings is 1. The lowest BCUT2D eigenvalue weighted by atomic mass is 10.1. The largest absolute Gasteiger partial charge is 0.485 e. The van der Waals surface area contributed by atoms with Crippen LogP contribution in [0.1, 0.15) is 46.9 Å². The summed E-state index contributed by atoms with van der Waals surface area (Å²) >= 11 is 19.6. The van der Waals surface area contributed by atoms with Gasteiger partial charge in [0.2, 0.25) is 15.9 Å². The van der Waals surface area contributed by atoms with Crippen LogP contribution in [0.25, 0.3) is 5.65 Å². The van der Waals surface area contributed by atoms with E-state index in [-0.39, 0.29) is 77.5 Å². The number of hydrogen-bond acceptors (Lipinski definition) is 9. The van der Waals surface area contributed by atoms with E-state index in [2.05, 4.69) is 15.0 Å². The van der Waals surface area contributed by atoms with Gasteiger partial charge in [-0.05, 0) is 56.2 Å². The molecule has 0 bridgehead atoms. The molecular weight excluding hydrogens is 757 g/mol. The summed E-state index contributed by atoms with van der Waals surface area (Å²) in [5.74, 6) is -0.806. The van der Waals surface area contributed by atoms with E-state index in [4.69, 9.17) is 45.3 Å². The van der Waals surface area contributed by atoms with Gasteiger partial charge in [0.1, 0.15) is 22.7 Å². The van der Waals surface area contributed by atoms with Crippen LogP contribution < -0.4 is 10.5 Å². The highest BCUT2D eigenvalue weighted by Crippen LogP contribution is 2.37. The minimum absolute atomic E-state index is 0.0159. The second kappa shape index (κ2) is 15.3. The fourth-order valence-corrected chi connectivity index (χ4v) is 8.86. The number of nitrogens with two attached hydrogens (primary N) is 1. The highest BCUT2D eigenvalue weighted by atomic mass is 35.5. The number of halogens is 3. The van der Waals surface area contributed by atoms with Crippen LogP contribution in [0.2, 0.25) is 15.2 Å². The number of hydrogen-bond donors (Lipinski definition) is 1. The Kier molecular flexibility index (Phi) is 11.0. The minimum atomic E-state index is -4.24. The summed E-state index contributed by atoms with van der Waals surface area (Å²) in [6.45, 7) is 3.92. The predicted molar refractivity (Wildman–Crippen MR) is 194 cm³/mol. The number of oxime groups is 1. The third kappa shape index (κ3) is 7.41. The van der Waals surface area contributed by atoms with Crippen LogP contribution in [-0.4, -0.2) is 94.3 Å². The third-order valence-electron chi connectivity index (χ3n) is 8.89. The second-order valence-electron chi connectivity index (χ2n) is 12.2. The molecule has 18 heteroatoms. The fourth-order valence-electron chi connectivity index (χ4n) is 6.17. The number of amides is 2. The molecule has 0 radical (unpaired) electrons. The smallest absolute Gasteiger partial charge is 0.332 e. The first-order valence-electron chi connectivity index (χ1n) is 16.2. The van der Waals surface area contributed by atoms with Gasteiger partial charge in [-0.15, -0.1) is 0 Å². The Labute approximate surface area is 314 Å². The highest BCUT2D eigenvalue weighted by molar-refractivity contribution is 7.89. The van der Waals surface area contributed by atoms with Crippen molar-refractivity contribution >= 4 is 74.1 Å². The molecule has 52 heavy (non-hydrogen) atoms. The van der Waals surface area contributed by atoms with Gasteiger partial charge in [0.15, 0.2) is 17.2 Å². The first-order chi connectivity index (χ1) is 24.8. The number of fused-ring (bicyclic) bond motifs is 1. The van der Waals surface area contributed by atoms with E-state index in [9.17, 15) is 22.8 Å². The number of nitrogens with zero attached hydrogens (tertiary/aromatic N) is 6. The zero-order valence-electron chi connectivity index (χ0n) is 28.1. The molecule has 274 valence electrons. The van der Waals surface area contributed by atoms with E-state index in [1.54, 1.807) is 63.7 Å². The van der Waals surface area contributed by atoms with Crippen molar-refractivity contribution in [2.45, 2.75) is 44.2 Å². The summed E-state index contributed by atoms with van der Waals surface area (Å²) in [6.07, 6.45) is 2.57. The van der Waals surface area contributed by atoms with Gasteiger partial charge in [0.05, 0.1) is 10.7 Å². The molecule has 2 N–H and O–H groups in total. The van der Waals surface area contributed by atoms with Crippen LogP contribution >= 0.6 is 34.8 Å². The van der Waals surface area contributed by atoms with Crippen LogP contribution in [0.15, 0.2) is 64.8 Å². The van der Waals surface area contributed by atoms with Gasteiger partial charge in [-0.2, -0.15) is 4.31 Å². The topological polar surface area (TPSA) is 169 Å². The lowest BCUT2D eigenvalue weighted by Crippen LogP contribution is -2.55. The van der Waals surface area contributed by atoms with Gasteiger partial charge in [-0.3, -0.25) is 14.0 Å². The molecule has 14 nitrogen and oxygen atoms in total. The number of aryl methyl sites for hydroxylation is 1. The molecule has 2 aliphatic heterocycles. The number of carbonyl (C=O) groups excluding carboxylic acids is 3. The molecule has 0 spiro atoms. The lowest BCUT2D eigenvalue weighted by molar-refractivity contribution is -0.141. The van der Waals surface area contributed by atoms with Crippen molar-refractivity contribution in [2.75, 3.05) is 32.7 Å². The Bertz CT molecular complexity index is 2190. The molecule has 4 aromatic rings. The molecule has 2 saturated heterocycles. The molecule has 1 unspecified atom stereocenters. The van der Waals surface area contributed by atoms with E-state index in [0.29, 0.717) is 46.2 Å². The van der Waals surface area contributed by atoms with Gasteiger partial charge < -0.3 is 25.1 Å². The first kappa shape index (κ1) is 37.4. The number of aromatic nitrogens is 2. The number of pyridine rings is 1. The Morgan fingerprint density at radius 2 is 1.63 bits per heavy atom. The maximum Gasteiger partial charge on any atom is 0.332 e. The molecule has 2 aromatic heterocycles. The molecule has 1 atom stereocenters. The third-order valence-corrected chi connectivity index (χ3v) is 12.2. The normalized spacial score (nSPS) is 17.1. The van der Waals surface area contributed by atoms with E-state index < -0.39 is 22.0 Å². The zero-order chi connectivity index (χ0) is 37.3. The molecule has 0 saturated carbocycles. The first-order valence-corrected chi connectivity index (χ1v) is 18.8. The molecule has 2 amide bonds. The Hall–Kier alpha value is -4.41. The predicted octanol–water partition coefficient (Wildman–Crippen LogP) is 4.50. The number of ether oxygens (including phenoxy) is 1. The molecule has 0 aliphatic carbocycles. The Morgan fingerprint density at radius 3 is 2.33 bits per heavy atom. The monoisotopic (exact) mass is 789 g/mol. The Morgan fingerprint density at radius 1 is 0.962 bits per heavy atom. The van der Waals surface area contributed by atoms with E-state index in [1.807, 2.05) is 0 Å². The van der Waals surface area contributed by atoms with Crippen molar-refractivity contribution in [1.29, 1.82) is 0 Å². The van der Waals surface area contributed by atoms with Crippen LogP contribution in [-0.2, 0) is 31.1 Å². The van der Waals surface area contributed by atoms with Crippen LogP contribution in [0.3, 0.4) is 0 Å². The summed E-state index contributed by atoms with van der Waals surface area (Å²) in [7, 11) is -4.24. The van der Waals surface area contributed by atoms with Gasteiger partial charge in [-0.25, -0.2) is 18.2 Å². The SMILES string of the molecule is CC(=O)O/N=C(/N)c1ccc(C(=O)N2CCN(C(=O)C3CCCN3S(=O)(=O)c3ccc(Cl)c(COc4cccn5c(Cl)c(C)nc45)c3Cl)CC2)cc1. The van der Waals surface area contributed by atoms with E-state index in [0.717, 1.165) is 0 Å². The van der Waals surface area contributed by atoms with Crippen molar-refractivity contribution in [1.82, 2.24) is 23.5 Å². The second-order valence-corrected chi connectivity index (χ2v) is 15.2. The summed E-state index contributed by atoms with van der Waals surface area (Å²) in [5, 5.41) is 4.09. The highest BCUT2D eigenvalue weighted by Gasteiger charge is 2.43. The number of amidine groups is 1. The van der Waals surface area contributed by atoms with E-state index in [1.165, 1.54) is 23.4 Å². The van der Waals surface area contributed by atoms with Crippen molar-refractivity contribution < 1.29 is 32.4 Å². The van der Waals surface area contributed by atoms with Gasteiger partial charge in [0.25, 0.3) is 5.91 Å². The van der Waals surface area contributed by atoms with Crippen LogP contribution in [0, 0.1) is 6.92 Å². The van der Waals surface area contributed by atoms with Crippen molar-refractivity contribution in [2.24, 2.45) is 10.9 Å². The molecule has 6 rings (SSSR count). The maximum absolute atomic E-state index is 14.1. The van der Waals surface area contributed by atoms with Gasteiger partial charge in [0, 0.05) is 67.6 Å². The molecule has 2 aliphatic rings. The zero-order valence-corrected chi connectivity index (χ0v) is 31.2. The van der Waals surface area contributed by atoms with Crippen LogP contribution in [0.4, 0.5) is 0 Å². The standard InChI is InChI=1S/C34H34Cl3N7O7S/c1-20-30(37)43-13-4-6-27(32(43)39-20)50-19-24-25(35)11-12-28(29(24)36)52(48,49)44-14-3-5-26(44)34(47)42-17-15-41(16-18-42)33(46)23-9-7-22(8-10-23)31(38)40-51-21(2)45/h4,6-13,26H,3,5,14-19H2,1-2H3,(H2,38,40). The molecular formula is C34H34Cl3N7O7S. The number of benzene rings is 2. The average Bonchev–Trinajstić information content (AvgIpc) is 3.75. The van der Waals surface area contributed by atoms with E-state index >= 15 is 0 Å². The van der Waals surface area contributed by atoms with Crippen molar-refractivity contribution in [3.63, 3.8) is 0 Å². The lowest BCUT2D eigenvalue weighted by Gasteiger charge is -2.37. The van der Waals surface area contributed by atoms with Crippen molar-refractivity contribution in [3.8, 4) is 5.75 Å². The average molecular weight is 791 g/mol.